The monoisotopic (exact) mass is 406 g/mol. The molecule has 1 N–H and O–H groups in total. The summed E-state index contributed by atoms with van der Waals surface area (Å²) in [6.45, 7) is 13.6. The van der Waals surface area contributed by atoms with Crippen LogP contribution in [-0.2, 0) is 11.3 Å². The maximum absolute atomic E-state index is 12.9. The predicted molar refractivity (Wildman–Crippen MR) is 111 cm³/mol. The third-order valence-corrected chi connectivity index (χ3v) is 7.18. The molecule has 0 saturated carbocycles. The van der Waals surface area contributed by atoms with E-state index in [0.717, 1.165) is 10.4 Å². The lowest BCUT2D eigenvalue weighted by atomic mass is 9.90. The van der Waals surface area contributed by atoms with Gasteiger partial charge in [-0.15, -0.1) is 11.3 Å². The number of amides is 1. The van der Waals surface area contributed by atoms with Gasteiger partial charge in [0.15, 0.2) is 5.16 Å². The van der Waals surface area contributed by atoms with Crippen LogP contribution in [0.2, 0.25) is 0 Å². The van der Waals surface area contributed by atoms with Crippen LogP contribution in [0, 0.1) is 31.1 Å². The zero-order valence-corrected chi connectivity index (χ0v) is 18.5. The van der Waals surface area contributed by atoms with Crippen molar-refractivity contribution in [2.75, 3.05) is 0 Å². The number of nitrogens with zero attached hydrogens (tertiary/aromatic N) is 3. The molecule has 0 spiro atoms. The lowest BCUT2D eigenvalue weighted by Crippen LogP contribution is -2.51. The Labute approximate surface area is 168 Å². The summed E-state index contributed by atoms with van der Waals surface area (Å²) in [4.78, 5) is 32.0. The first-order valence-electron chi connectivity index (χ1n) is 8.96. The average Bonchev–Trinajstić information content (AvgIpc) is 2.89. The van der Waals surface area contributed by atoms with Crippen LogP contribution in [0.5, 0.6) is 0 Å². The Morgan fingerprint density at radius 2 is 2.04 bits per heavy atom. The number of rotatable bonds is 6. The summed E-state index contributed by atoms with van der Waals surface area (Å²) in [6.07, 6.45) is 0. The van der Waals surface area contributed by atoms with Gasteiger partial charge in [0.25, 0.3) is 5.56 Å². The van der Waals surface area contributed by atoms with Crippen molar-refractivity contribution in [2.45, 2.75) is 71.0 Å². The lowest BCUT2D eigenvalue weighted by Gasteiger charge is -2.28. The second-order valence-corrected chi connectivity index (χ2v) is 9.64. The first-order chi connectivity index (χ1) is 12.6. The molecule has 2 atom stereocenters. The molecule has 0 aromatic carbocycles. The van der Waals surface area contributed by atoms with Gasteiger partial charge in [0.05, 0.1) is 16.7 Å². The van der Waals surface area contributed by atoms with Crippen molar-refractivity contribution >= 4 is 39.2 Å². The van der Waals surface area contributed by atoms with Gasteiger partial charge in [-0.1, -0.05) is 25.6 Å². The van der Waals surface area contributed by atoms with Gasteiger partial charge in [-0.2, -0.15) is 5.26 Å². The molecule has 0 fully saturated rings. The summed E-state index contributed by atoms with van der Waals surface area (Å²) in [5.74, 6) is -0.266. The van der Waals surface area contributed by atoms with Gasteiger partial charge in [-0.3, -0.25) is 14.2 Å². The molecule has 8 heteroatoms. The molecule has 0 aliphatic rings. The summed E-state index contributed by atoms with van der Waals surface area (Å²) >= 11 is 2.74. The summed E-state index contributed by atoms with van der Waals surface area (Å²) < 4.78 is 1.61. The highest BCUT2D eigenvalue weighted by Crippen LogP contribution is 2.30. The summed E-state index contributed by atoms with van der Waals surface area (Å²) in [5.41, 5.74) is -0.0300. The molecule has 2 rings (SSSR count). The number of nitrogens with one attached hydrogen (secondary N) is 1. The molecule has 0 bridgehead atoms. The molecule has 2 aromatic heterocycles. The minimum absolute atomic E-state index is 0.0241. The zero-order valence-electron chi connectivity index (χ0n) is 16.8. The van der Waals surface area contributed by atoms with E-state index in [1.807, 2.05) is 34.6 Å². The summed E-state index contributed by atoms with van der Waals surface area (Å²) in [6, 6.07) is 2.18. The van der Waals surface area contributed by atoms with Gasteiger partial charge in [0.2, 0.25) is 5.91 Å². The molecule has 146 valence electrons. The smallest absolute Gasteiger partial charge is 0.263 e. The molecule has 0 radical (unpaired) electrons. The largest absolute Gasteiger partial charge is 0.337 e. The van der Waals surface area contributed by atoms with Crippen molar-refractivity contribution < 1.29 is 4.79 Å². The molecule has 2 heterocycles. The SMILES string of the molecule is CCn1c(S[C@@H](C)C(=O)N[C@@](C)(C#N)C(C)C)nc2sc(C)c(C)c2c1=O. The fourth-order valence-electron chi connectivity index (χ4n) is 2.55. The number of thioether (sulfide) groups is 1. The first kappa shape index (κ1) is 21.5. The molecular formula is C19H26N4O2S2. The third-order valence-electron chi connectivity index (χ3n) is 4.99. The molecule has 0 aliphatic carbocycles. The standard InChI is InChI=1S/C19H26N4O2S2/c1-8-23-17(25)14-11(4)12(5)26-16(14)21-18(23)27-13(6)15(24)22-19(7,9-20)10(2)3/h10,13H,8H2,1-7H3,(H,22,24)/t13-,19-/m0/s1. The van der Waals surface area contributed by atoms with Crippen molar-refractivity contribution in [2.24, 2.45) is 5.92 Å². The Kier molecular flexibility index (Phi) is 6.38. The van der Waals surface area contributed by atoms with Crippen molar-refractivity contribution in [3.63, 3.8) is 0 Å². The maximum Gasteiger partial charge on any atom is 0.263 e. The van der Waals surface area contributed by atoms with E-state index in [2.05, 4.69) is 16.4 Å². The summed E-state index contributed by atoms with van der Waals surface area (Å²) in [7, 11) is 0. The molecule has 2 aromatic rings. The maximum atomic E-state index is 12.9. The van der Waals surface area contributed by atoms with Gasteiger partial charge < -0.3 is 5.32 Å². The van der Waals surface area contributed by atoms with Crippen LogP contribution < -0.4 is 10.9 Å². The van der Waals surface area contributed by atoms with E-state index in [4.69, 9.17) is 0 Å². The fourth-order valence-corrected chi connectivity index (χ4v) is 4.59. The van der Waals surface area contributed by atoms with E-state index in [1.165, 1.54) is 23.1 Å². The van der Waals surface area contributed by atoms with E-state index in [-0.39, 0.29) is 17.4 Å². The Morgan fingerprint density at radius 3 is 2.56 bits per heavy atom. The highest BCUT2D eigenvalue weighted by Gasteiger charge is 2.32. The van der Waals surface area contributed by atoms with Crippen molar-refractivity contribution in [3.05, 3.63) is 20.8 Å². The Morgan fingerprint density at radius 1 is 1.41 bits per heavy atom. The molecule has 1 amide bonds. The first-order valence-corrected chi connectivity index (χ1v) is 10.7. The van der Waals surface area contributed by atoms with Crippen LogP contribution in [0.1, 0.15) is 45.1 Å². The zero-order chi connectivity index (χ0) is 20.5. The number of nitriles is 1. The normalized spacial score (nSPS) is 14.8. The van der Waals surface area contributed by atoms with Crippen molar-refractivity contribution in [3.8, 4) is 6.07 Å². The van der Waals surface area contributed by atoms with Crippen molar-refractivity contribution in [1.29, 1.82) is 5.26 Å². The van der Waals surface area contributed by atoms with Crippen LogP contribution >= 0.6 is 23.1 Å². The van der Waals surface area contributed by atoms with Crippen LogP contribution in [0.3, 0.4) is 0 Å². The molecule has 0 unspecified atom stereocenters. The van der Waals surface area contributed by atoms with Crippen LogP contribution in [0.25, 0.3) is 10.2 Å². The average molecular weight is 407 g/mol. The lowest BCUT2D eigenvalue weighted by molar-refractivity contribution is -0.121. The molecule has 27 heavy (non-hydrogen) atoms. The Balaban J connectivity index is 2.37. The number of hydrogen-bond acceptors (Lipinski definition) is 6. The van der Waals surface area contributed by atoms with E-state index < -0.39 is 10.8 Å². The van der Waals surface area contributed by atoms with E-state index >= 15 is 0 Å². The fraction of sp³-hybridized carbons (Fsp3) is 0.579. The van der Waals surface area contributed by atoms with Crippen LogP contribution in [-0.4, -0.2) is 26.2 Å². The predicted octanol–water partition coefficient (Wildman–Crippen LogP) is 3.63. The van der Waals surface area contributed by atoms with Crippen LogP contribution in [0.4, 0.5) is 0 Å². The van der Waals surface area contributed by atoms with Gasteiger partial charge >= 0.3 is 0 Å². The number of aryl methyl sites for hydroxylation is 2. The number of hydrogen-bond donors (Lipinski definition) is 1. The minimum Gasteiger partial charge on any atom is -0.337 e. The number of thiophene rings is 1. The number of fused-ring (bicyclic) bond motifs is 1. The Hall–Kier alpha value is -1.85. The molecule has 6 nitrogen and oxygen atoms in total. The highest BCUT2D eigenvalue weighted by atomic mass is 32.2. The topological polar surface area (TPSA) is 87.8 Å². The van der Waals surface area contributed by atoms with E-state index in [1.54, 1.807) is 18.4 Å². The van der Waals surface area contributed by atoms with Gasteiger partial charge in [-0.25, -0.2) is 4.98 Å². The number of carbonyl (C=O) groups is 1. The number of aromatic nitrogens is 2. The second-order valence-electron chi connectivity index (χ2n) is 7.13. The molecule has 0 saturated heterocycles. The van der Waals surface area contributed by atoms with Crippen LogP contribution in [0.15, 0.2) is 9.95 Å². The van der Waals surface area contributed by atoms with Crippen molar-refractivity contribution in [1.82, 2.24) is 14.9 Å². The van der Waals surface area contributed by atoms with E-state index in [9.17, 15) is 14.9 Å². The molecule has 0 aliphatic heterocycles. The van der Waals surface area contributed by atoms with Gasteiger partial charge in [0, 0.05) is 11.4 Å². The van der Waals surface area contributed by atoms with Gasteiger partial charge in [-0.05, 0) is 46.1 Å². The van der Waals surface area contributed by atoms with E-state index in [0.29, 0.717) is 21.9 Å². The highest BCUT2D eigenvalue weighted by molar-refractivity contribution is 8.00. The van der Waals surface area contributed by atoms with Gasteiger partial charge in [0.1, 0.15) is 10.4 Å². The second kappa shape index (κ2) is 8.03. The summed E-state index contributed by atoms with van der Waals surface area (Å²) in [5, 5.41) is 13.0. The molecular weight excluding hydrogens is 380 g/mol. The Bertz CT molecular complexity index is 971. The minimum atomic E-state index is -0.935. The number of carbonyl (C=O) groups excluding carboxylic acids is 1. The third kappa shape index (κ3) is 4.04. The quantitative estimate of drug-likeness (QED) is 0.585.